The largest absolute Gasteiger partial charge is 0.497 e. The number of benzene rings is 3. The van der Waals surface area contributed by atoms with Crippen LogP contribution in [0.5, 0.6) is 11.5 Å². The zero-order chi connectivity index (χ0) is 16.9. The van der Waals surface area contributed by atoms with Crippen molar-refractivity contribution in [2.75, 3.05) is 7.11 Å². The van der Waals surface area contributed by atoms with E-state index in [1.807, 2.05) is 24.3 Å². The maximum atomic E-state index is 11.0. The van der Waals surface area contributed by atoms with Crippen molar-refractivity contribution in [2.45, 2.75) is 0 Å². The van der Waals surface area contributed by atoms with Gasteiger partial charge in [0.1, 0.15) is 11.4 Å². The molecule has 0 fully saturated rings. The van der Waals surface area contributed by atoms with Crippen molar-refractivity contribution in [2.24, 2.45) is 10.2 Å². The van der Waals surface area contributed by atoms with Crippen molar-refractivity contribution in [1.29, 1.82) is 0 Å². The second-order valence-electron chi connectivity index (χ2n) is 4.83. The molecule has 0 aliphatic heterocycles. The van der Waals surface area contributed by atoms with Crippen molar-refractivity contribution in [3.63, 3.8) is 0 Å². The third-order valence-corrected chi connectivity index (χ3v) is 3.68. The first-order valence-electron chi connectivity index (χ1n) is 7.04. The monoisotopic (exact) mass is 342 g/mol. The van der Waals surface area contributed by atoms with Crippen LogP contribution in [0.3, 0.4) is 0 Å². The second-order valence-corrected chi connectivity index (χ2v) is 5.43. The molecule has 0 saturated heterocycles. The van der Waals surface area contributed by atoms with Crippen LogP contribution < -0.4 is 8.92 Å². The summed E-state index contributed by atoms with van der Waals surface area (Å²) in [6, 6.07) is 18.0. The van der Waals surface area contributed by atoms with Gasteiger partial charge in [0.25, 0.3) is 0 Å². The van der Waals surface area contributed by atoms with Crippen molar-refractivity contribution in [1.82, 2.24) is 0 Å². The highest BCUT2D eigenvalue weighted by atomic mass is 32.2. The molecule has 1 unspecified atom stereocenters. The fourth-order valence-corrected chi connectivity index (χ4v) is 2.53. The minimum absolute atomic E-state index is 0.187. The van der Waals surface area contributed by atoms with Crippen LogP contribution in [-0.2, 0) is 11.4 Å². The summed E-state index contributed by atoms with van der Waals surface area (Å²) in [6.07, 6.45) is 0. The quantitative estimate of drug-likeness (QED) is 0.534. The Labute approximate surface area is 141 Å². The first kappa shape index (κ1) is 16.1. The summed E-state index contributed by atoms with van der Waals surface area (Å²) >= 11 is -2.44. The van der Waals surface area contributed by atoms with E-state index >= 15 is 0 Å². The lowest BCUT2D eigenvalue weighted by Crippen LogP contribution is -1.97. The molecule has 0 aliphatic carbocycles. The Morgan fingerprint density at radius 3 is 2.42 bits per heavy atom. The summed E-state index contributed by atoms with van der Waals surface area (Å²) < 4.78 is 30.0. The van der Waals surface area contributed by atoms with E-state index in [0.29, 0.717) is 11.4 Å². The lowest BCUT2D eigenvalue weighted by molar-refractivity contribution is 0.415. The first-order chi connectivity index (χ1) is 11.7. The molecule has 3 aromatic carbocycles. The number of nitrogens with zero attached hydrogens (tertiary/aromatic N) is 2. The van der Waals surface area contributed by atoms with E-state index in [9.17, 15) is 4.21 Å². The highest BCUT2D eigenvalue weighted by Crippen LogP contribution is 2.37. The second kappa shape index (κ2) is 7.20. The average Bonchev–Trinajstić information content (AvgIpc) is 2.60. The molecule has 1 atom stereocenters. The van der Waals surface area contributed by atoms with Crippen LogP contribution in [0.4, 0.5) is 11.4 Å². The van der Waals surface area contributed by atoms with Gasteiger partial charge in [-0.15, -0.1) is 5.11 Å². The van der Waals surface area contributed by atoms with E-state index in [4.69, 9.17) is 13.5 Å². The van der Waals surface area contributed by atoms with Gasteiger partial charge in [-0.2, -0.15) is 9.32 Å². The summed E-state index contributed by atoms with van der Waals surface area (Å²) in [4.78, 5) is 0. The zero-order valence-corrected chi connectivity index (χ0v) is 13.6. The van der Waals surface area contributed by atoms with Gasteiger partial charge in [0, 0.05) is 5.39 Å². The van der Waals surface area contributed by atoms with Gasteiger partial charge in [-0.3, -0.25) is 4.55 Å². The topological polar surface area (TPSA) is 80.5 Å². The van der Waals surface area contributed by atoms with Crippen molar-refractivity contribution >= 4 is 33.5 Å². The van der Waals surface area contributed by atoms with Gasteiger partial charge in [-0.1, -0.05) is 30.3 Å². The molecule has 0 amide bonds. The number of hydrogen-bond acceptors (Lipinski definition) is 5. The van der Waals surface area contributed by atoms with Crippen LogP contribution >= 0.6 is 0 Å². The number of fused-ring (bicyclic) bond motifs is 1. The van der Waals surface area contributed by atoms with E-state index in [2.05, 4.69) is 10.2 Å². The summed E-state index contributed by atoms with van der Waals surface area (Å²) in [5.41, 5.74) is 1.02. The number of rotatable bonds is 5. The van der Waals surface area contributed by atoms with Crippen LogP contribution in [-0.4, -0.2) is 15.9 Å². The number of hydrogen-bond donors (Lipinski definition) is 1. The maximum Gasteiger partial charge on any atom is 0.357 e. The molecule has 24 heavy (non-hydrogen) atoms. The molecule has 0 radical (unpaired) electrons. The Morgan fingerprint density at radius 1 is 0.958 bits per heavy atom. The number of methoxy groups -OCH3 is 1. The fraction of sp³-hybridized carbons (Fsp3) is 0.0588. The molecular formula is C17H14N2O4S. The summed E-state index contributed by atoms with van der Waals surface area (Å²) in [7, 11) is 1.59. The predicted molar refractivity (Wildman–Crippen MR) is 92.5 cm³/mol. The molecule has 0 spiro atoms. The van der Waals surface area contributed by atoms with E-state index < -0.39 is 11.4 Å². The molecule has 0 bridgehead atoms. The fourth-order valence-electron chi connectivity index (χ4n) is 2.24. The highest BCUT2D eigenvalue weighted by molar-refractivity contribution is 7.74. The van der Waals surface area contributed by atoms with Gasteiger partial charge in [0.2, 0.25) is 0 Å². The molecule has 3 rings (SSSR count). The van der Waals surface area contributed by atoms with Crippen LogP contribution in [0, 0.1) is 0 Å². The lowest BCUT2D eigenvalue weighted by Gasteiger charge is -2.07. The zero-order valence-electron chi connectivity index (χ0n) is 12.7. The third-order valence-electron chi connectivity index (χ3n) is 3.36. The number of ether oxygens (including phenoxy) is 1. The van der Waals surface area contributed by atoms with Crippen LogP contribution in [0.25, 0.3) is 10.8 Å². The van der Waals surface area contributed by atoms with E-state index in [1.54, 1.807) is 43.5 Å². The Bertz CT molecular complexity index is 910. The number of azo groups is 1. The average molecular weight is 342 g/mol. The van der Waals surface area contributed by atoms with Gasteiger partial charge in [-0.25, -0.2) is 0 Å². The minimum atomic E-state index is -2.44. The summed E-state index contributed by atoms with van der Waals surface area (Å²) in [5.74, 6) is 0.908. The van der Waals surface area contributed by atoms with Crippen LogP contribution in [0.1, 0.15) is 0 Å². The molecule has 0 saturated carbocycles. The Hall–Kier alpha value is -2.77. The van der Waals surface area contributed by atoms with Crippen molar-refractivity contribution < 1.29 is 17.7 Å². The molecule has 3 aromatic rings. The summed E-state index contributed by atoms with van der Waals surface area (Å²) in [5, 5.41) is 10.1. The van der Waals surface area contributed by atoms with Crippen LogP contribution in [0.15, 0.2) is 70.9 Å². The van der Waals surface area contributed by atoms with Gasteiger partial charge in [0.15, 0.2) is 5.75 Å². The van der Waals surface area contributed by atoms with E-state index in [0.717, 1.165) is 16.5 Å². The van der Waals surface area contributed by atoms with E-state index in [1.165, 1.54) is 0 Å². The molecule has 122 valence electrons. The molecule has 0 aliphatic rings. The van der Waals surface area contributed by atoms with Crippen molar-refractivity contribution in [3.05, 3.63) is 60.7 Å². The Morgan fingerprint density at radius 2 is 1.71 bits per heavy atom. The smallest absolute Gasteiger partial charge is 0.357 e. The lowest BCUT2D eigenvalue weighted by atomic mass is 10.1. The normalized spacial score (nSPS) is 12.4. The van der Waals surface area contributed by atoms with Gasteiger partial charge < -0.3 is 8.92 Å². The molecule has 1 N–H and O–H groups in total. The molecule has 0 aromatic heterocycles. The first-order valence-corrected chi connectivity index (χ1v) is 8.07. The highest BCUT2D eigenvalue weighted by Gasteiger charge is 2.11. The SMILES string of the molecule is COc1ccc(N=Nc2c(OS(=O)O)ccc3ccccc23)cc1. The minimum Gasteiger partial charge on any atom is -0.497 e. The summed E-state index contributed by atoms with van der Waals surface area (Å²) in [6.45, 7) is 0. The van der Waals surface area contributed by atoms with E-state index in [-0.39, 0.29) is 5.75 Å². The van der Waals surface area contributed by atoms with Gasteiger partial charge >= 0.3 is 11.4 Å². The maximum absolute atomic E-state index is 11.0. The van der Waals surface area contributed by atoms with Gasteiger partial charge in [-0.05, 0) is 35.7 Å². The Kier molecular flexibility index (Phi) is 4.83. The Balaban J connectivity index is 2.04. The molecular weight excluding hydrogens is 328 g/mol. The molecule has 7 heteroatoms. The van der Waals surface area contributed by atoms with Crippen LogP contribution in [0.2, 0.25) is 0 Å². The molecule has 0 heterocycles. The third kappa shape index (κ3) is 3.58. The predicted octanol–water partition coefficient (Wildman–Crippen LogP) is 4.78. The van der Waals surface area contributed by atoms with Gasteiger partial charge in [0.05, 0.1) is 12.8 Å². The molecule has 6 nitrogen and oxygen atoms in total. The standard InChI is InChI=1S/C17H14N2O4S/c1-22-14-9-7-13(8-10-14)18-19-17-15-5-3-2-4-12(15)6-11-16(17)23-24(20)21/h2-11H,1H3,(H,20,21). The van der Waals surface area contributed by atoms with Crippen molar-refractivity contribution in [3.8, 4) is 11.5 Å².